The quantitative estimate of drug-likeness (QED) is 0.745. The summed E-state index contributed by atoms with van der Waals surface area (Å²) in [5, 5.41) is 11.8. The van der Waals surface area contributed by atoms with Crippen LogP contribution in [-0.2, 0) is 11.2 Å². The molecular formula is C9H12N2O3. The van der Waals surface area contributed by atoms with E-state index in [1.54, 1.807) is 0 Å². The minimum atomic E-state index is -0.885. The van der Waals surface area contributed by atoms with Crippen LogP contribution in [0.15, 0.2) is 10.7 Å². The Hall–Kier alpha value is -1.36. The molecule has 2 rings (SSSR count). The standard InChI is InChI=1S/C9H12N2O3/c12-8(13)4-6-5-14-9(11-6)7-2-1-3-10-7/h5,7,10H,1-4H2,(H,12,13). The number of nitrogens with zero attached hydrogens (tertiary/aromatic N) is 1. The van der Waals surface area contributed by atoms with Gasteiger partial charge < -0.3 is 14.8 Å². The molecule has 1 aliphatic heterocycles. The van der Waals surface area contributed by atoms with E-state index in [1.807, 2.05) is 0 Å². The van der Waals surface area contributed by atoms with Gasteiger partial charge in [0.25, 0.3) is 0 Å². The van der Waals surface area contributed by atoms with Gasteiger partial charge in [0, 0.05) is 0 Å². The molecule has 14 heavy (non-hydrogen) atoms. The smallest absolute Gasteiger partial charge is 0.309 e. The Morgan fingerprint density at radius 2 is 2.64 bits per heavy atom. The van der Waals surface area contributed by atoms with Crippen molar-refractivity contribution in [3.8, 4) is 0 Å². The molecule has 1 unspecified atom stereocenters. The van der Waals surface area contributed by atoms with E-state index in [-0.39, 0.29) is 12.5 Å². The number of carboxylic acid groups (broad SMARTS) is 1. The summed E-state index contributed by atoms with van der Waals surface area (Å²) >= 11 is 0. The molecule has 76 valence electrons. The molecule has 5 heteroatoms. The van der Waals surface area contributed by atoms with Gasteiger partial charge in [0.05, 0.1) is 18.2 Å². The lowest BCUT2D eigenvalue weighted by atomic mass is 10.2. The van der Waals surface area contributed by atoms with E-state index in [0.717, 1.165) is 19.4 Å². The van der Waals surface area contributed by atoms with E-state index >= 15 is 0 Å². The average Bonchev–Trinajstić information content (AvgIpc) is 2.69. The van der Waals surface area contributed by atoms with Crippen LogP contribution in [0, 0.1) is 0 Å². The van der Waals surface area contributed by atoms with Gasteiger partial charge in [0.2, 0.25) is 5.89 Å². The number of hydrogen-bond acceptors (Lipinski definition) is 4. The molecule has 1 aliphatic rings. The molecule has 1 aromatic heterocycles. The van der Waals surface area contributed by atoms with E-state index in [9.17, 15) is 4.79 Å². The normalized spacial score (nSPS) is 21.3. The minimum absolute atomic E-state index is 0.0732. The van der Waals surface area contributed by atoms with Crippen molar-refractivity contribution in [3.05, 3.63) is 17.8 Å². The third-order valence-electron chi connectivity index (χ3n) is 2.26. The van der Waals surface area contributed by atoms with Gasteiger partial charge in [0.15, 0.2) is 0 Å². The van der Waals surface area contributed by atoms with Gasteiger partial charge in [-0.1, -0.05) is 0 Å². The summed E-state index contributed by atoms with van der Waals surface area (Å²) in [5.74, 6) is -0.275. The highest BCUT2D eigenvalue weighted by Gasteiger charge is 2.21. The van der Waals surface area contributed by atoms with Crippen LogP contribution in [0.3, 0.4) is 0 Å². The van der Waals surface area contributed by atoms with Crippen molar-refractivity contribution >= 4 is 5.97 Å². The number of hydrogen-bond donors (Lipinski definition) is 2. The average molecular weight is 196 g/mol. The number of aliphatic carboxylic acids is 1. The Bertz CT molecular complexity index is 329. The van der Waals surface area contributed by atoms with Gasteiger partial charge in [-0.2, -0.15) is 0 Å². The minimum Gasteiger partial charge on any atom is -0.481 e. The third kappa shape index (κ3) is 1.93. The fourth-order valence-electron chi connectivity index (χ4n) is 1.61. The Labute approximate surface area is 81.1 Å². The zero-order valence-electron chi connectivity index (χ0n) is 7.69. The zero-order chi connectivity index (χ0) is 9.97. The van der Waals surface area contributed by atoms with Gasteiger partial charge in [-0.05, 0) is 19.4 Å². The molecule has 1 fully saturated rings. The largest absolute Gasteiger partial charge is 0.481 e. The van der Waals surface area contributed by atoms with Gasteiger partial charge in [0.1, 0.15) is 6.26 Å². The van der Waals surface area contributed by atoms with Crippen LogP contribution in [0.25, 0.3) is 0 Å². The molecule has 2 heterocycles. The van der Waals surface area contributed by atoms with Crippen molar-refractivity contribution in [1.82, 2.24) is 10.3 Å². The predicted molar refractivity (Wildman–Crippen MR) is 47.8 cm³/mol. The van der Waals surface area contributed by atoms with Crippen LogP contribution in [0.1, 0.15) is 30.5 Å². The van der Waals surface area contributed by atoms with Gasteiger partial charge >= 0.3 is 5.97 Å². The Balaban J connectivity index is 2.05. The van der Waals surface area contributed by atoms with Crippen molar-refractivity contribution in [3.63, 3.8) is 0 Å². The number of nitrogens with one attached hydrogen (secondary N) is 1. The number of rotatable bonds is 3. The fourth-order valence-corrected chi connectivity index (χ4v) is 1.61. The van der Waals surface area contributed by atoms with E-state index < -0.39 is 5.97 Å². The molecule has 0 aromatic carbocycles. The SMILES string of the molecule is O=C(O)Cc1coc(C2CCCN2)n1. The van der Waals surface area contributed by atoms with Gasteiger partial charge in [-0.15, -0.1) is 0 Å². The van der Waals surface area contributed by atoms with Crippen LogP contribution in [-0.4, -0.2) is 22.6 Å². The molecule has 0 amide bonds. The highest BCUT2D eigenvalue weighted by Crippen LogP contribution is 2.22. The first-order valence-corrected chi connectivity index (χ1v) is 4.65. The highest BCUT2D eigenvalue weighted by atomic mass is 16.4. The number of aromatic nitrogens is 1. The molecule has 1 aromatic rings. The molecule has 0 bridgehead atoms. The number of carbonyl (C=O) groups is 1. The first kappa shape index (κ1) is 9.21. The molecule has 0 saturated carbocycles. The molecule has 0 aliphatic carbocycles. The molecular weight excluding hydrogens is 184 g/mol. The van der Waals surface area contributed by atoms with Crippen LogP contribution >= 0.6 is 0 Å². The van der Waals surface area contributed by atoms with Crippen LogP contribution in [0.2, 0.25) is 0 Å². The third-order valence-corrected chi connectivity index (χ3v) is 2.26. The summed E-state index contributed by atoms with van der Waals surface area (Å²) in [4.78, 5) is 14.5. The van der Waals surface area contributed by atoms with Gasteiger partial charge in [-0.3, -0.25) is 4.79 Å². The molecule has 1 atom stereocenters. The summed E-state index contributed by atoms with van der Waals surface area (Å²) in [6.45, 7) is 0.974. The first-order valence-electron chi connectivity index (χ1n) is 4.65. The van der Waals surface area contributed by atoms with Crippen molar-refractivity contribution in [1.29, 1.82) is 0 Å². The maximum Gasteiger partial charge on any atom is 0.309 e. The lowest BCUT2D eigenvalue weighted by Crippen LogP contribution is -2.13. The van der Waals surface area contributed by atoms with Crippen LogP contribution < -0.4 is 5.32 Å². The summed E-state index contributed by atoms with van der Waals surface area (Å²) in [5.41, 5.74) is 0.487. The maximum absolute atomic E-state index is 10.4. The second kappa shape index (κ2) is 3.79. The summed E-state index contributed by atoms with van der Waals surface area (Å²) in [6, 6.07) is 0.164. The topological polar surface area (TPSA) is 75.4 Å². The van der Waals surface area contributed by atoms with Gasteiger partial charge in [-0.25, -0.2) is 4.98 Å². The van der Waals surface area contributed by atoms with Crippen molar-refractivity contribution < 1.29 is 14.3 Å². The van der Waals surface area contributed by atoms with E-state index in [4.69, 9.17) is 9.52 Å². The Kier molecular flexibility index (Phi) is 2.49. The first-order chi connectivity index (χ1) is 6.75. The van der Waals surface area contributed by atoms with E-state index in [2.05, 4.69) is 10.3 Å². The molecule has 5 nitrogen and oxygen atoms in total. The number of oxazole rings is 1. The Morgan fingerprint density at radius 1 is 1.79 bits per heavy atom. The second-order valence-corrected chi connectivity index (χ2v) is 3.40. The van der Waals surface area contributed by atoms with E-state index in [0.29, 0.717) is 11.6 Å². The molecule has 0 radical (unpaired) electrons. The summed E-state index contributed by atoms with van der Waals surface area (Å²) < 4.78 is 5.21. The van der Waals surface area contributed by atoms with Crippen molar-refractivity contribution in [2.75, 3.05) is 6.54 Å². The van der Waals surface area contributed by atoms with Crippen LogP contribution in [0.4, 0.5) is 0 Å². The summed E-state index contributed by atoms with van der Waals surface area (Å²) in [6.07, 6.45) is 3.47. The molecule has 2 N–H and O–H groups in total. The molecule has 0 spiro atoms. The fraction of sp³-hybridized carbons (Fsp3) is 0.556. The highest BCUT2D eigenvalue weighted by molar-refractivity contribution is 5.69. The second-order valence-electron chi connectivity index (χ2n) is 3.40. The summed E-state index contributed by atoms with van der Waals surface area (Å²) in [7, 11) is 0. The van der Waals surface area contributed by atoms with E-state index in [1.165, 1.54) is 6.26 Å². The maximum atomic E-state index is 10.4. The van der Waals surface area contributed by atoms with Crippen LogP contribution in [0.5, 0.6) is 0 Å². The predicted octanol–water partition coefficient (Wildman–Crippen LogP) is 0.726. The Morgan fingerprint density at radius 3 is 3.29 bits per heavy atom. The lowest BCUT2D eigenvalue weighted by molar-refractivity contribution is -0.136. The molecule has 1 saturated heterocycles. The zero-order valence-corrected chi connectivity index (χ0v) is 7.69. The lowest BCUT2D eigenvalue weighted by Gasteiger charge is -2.02. The van der Waals surface area contributed by atoms with Crippen molar-refractivity contribution in [2.45, 2.75) is 25.3 Å². The van der Waals surface area contributed by atoms with Crippen molar-refractivity contribution in [2.24, 2.45) is 0 Å². The monoisotopic (exact) mass is 196 g/mol. The number of carboxylic acids is 1.